The van der Waals surface area contributed by atoms with Gasteiger partial charge in [-0.2, -0.15) is 0 Å². The average Bonchev–Trinajstić information content (AvgIpc) is 3.15. The molecule has 3 rings (SSSR count). The summed E-state index contributed by atoms with van der Waals surface area (Å²) in [6.07, 6.45) is 1.58. The summed E-state index contributed by atoms with van der Waals surface area (Å²) in [5.74, 6) is 0.147. The van der Waals surface area contributed by atoms with Crippen LogP contribution in [0.1, 0.15) is 16.3 Å². The minimum Gasteiger partial charge on any atom is -0.463 e. The summed E-state index contributed by atoms with van der Waals surface area (Å²) < 4.78 is 9.96. The standard InChI is InChI=1S/C21H20N2O3/c1-23(2)18-10-6-16(7-11-18)15-4-8-17(9-5-15)22-14-19-12-13-20(26-19)21(24)25-3/h4-14H,1-3H3. The fourth-order valence-corrected chi connectivity index (χ4v) is 2.46. The van der Waals surface area contributed by atoms with Gasteiger partial charge in [-0.15, -0.1) is 0 Å². The van der Waals surface area contributed by atoms with Crippen LogP contribution in [-0.4, -0.2) is 33.4 Å². The van der Waals surface area contributed by atoms with Crippen molar-refractivity contribution in [2.75, 3.05) is 26.1 Å². The van der Waals surface area contributed by atoms with E-state index in [0.717, 1.165) is 16.8 Å². The minimum atomic E-state index is -0.505. The van der Waals surface area contributed by atoms with E-state index in [2.05, 4.69) is 38.9 Å². The maximum absolute atomic E-state index is 11.4. The summed E-state index contributed by atoms with van der Waals surface area (Å²) in [6.45, 7) is 0. The molecule has 0 fully saturated rings. The molecule has 1 heterocycles. The van der Waals surface area contributed by atoms with Crippen LogP contribution in [0.4, 0.5) is 11.4 Å². The Morgan fingerprint density at radius 2 is 1.58 bits per heavy atom. The van der Waals surface area contributed by atoms with Gasteiger partial charge in [-0.3, -0.25) is 4.99 Å². The first-order chi connectivity index (χ1) is 12.6. The van der Waals surface area contributed by atoms with E-state index in [1.807, 2.05) is 38.4 Å². The smallest absolute Gasteiger partial charge is 0.373 e. The van der Waals surface area contributed by atoms with E-state index in [-0.39, 0.29) is 5.76 Å². The first-order valence-corrected chi connectivity index (χ1v) is 8.17. The highest BCUT2D eigenvalue weighted by atomic mass is 16.5. The topological polar surface area (TPSA) is 55.0 Å². The van der Waals surface area contributed by atoms with Gasteiger partial charge >= 0.3 is 5.97 Å². The predicted octanol–water partition coefficient (Wildman–Crippen LogP) is 4.55. The molecule has 0 spiro atoms. The zero-order chi connectivity index (χ0) is 18.5. The molecule has 1 aromatic heterocycles. The van der Waals surface area contributed by atoms with Crippen LogP contribution in [0.15, 0.2) is 70.1 Å². The summed E-state index contributed by atoms with van der Waals surface area (Å²) in [4.78, 5) is 17.8. The van der Waals surface area contributed by atoms with Gasteiger partial charge in [0.15, 0.2) is 0 Å². The molecule has 0 radical (unpaired) electrons. The van der Waals surface area contributed by atoms with Gasteiger partial charge in [-0.25, -0.2) is 4.79 Å². The summed E-state index contributed by atoms with van der Waals surface area (Å²) in [5, 5.41) is 0. The number of aliphatic imine (C=N–C) groups is 1. The van der Waals surface area contributed by atoms with Crippen LogP contribution >= 0.6 is 0 Å². The van der Waals surface area contributed by atoms with Gasteiger partial charge in [0.2, 0.25) is 5.76 Å². The normalized spacial score (nSPS) is 10.9. The molecule has 0 aliphatic carbocycles. The number of nitrogens with zero attached hydrogens (tertiary/aromatic N) is 2. The minimum absolute atomic E-state index is 0.158. The highest BCUT2D eigenvalue weighted by Crippen LogP contribution is 2.24. The number of rotatable bonds is 5. The molecule has 0 unspecified atom stereocenters. The number of furan rings is 1. The van der Waals surface area contributed by atoms with E-state index in [1.165, 1.54) is 12.8 Å². The Labute approximate surface area is 152 Å². The lowest BCUT2D eigenvalue weighted by Crippen LogP contribution is -2.07. The predicted molar refractivity (Wildman–Crippen MR) is 104 cm³/mol. The number of methoxy groups -OCH3 is 1. The van der Waals surface area contributed by atoms with E-state index in [1.54, 1.807) is 18.3 Å². The van der Waals surface area contributed by atoms with Crippen molar-refractivity contribution in [3.05, 3.63) is 72.2 Å². The molecular weight excluding hydrogens is 328 g/mol. The summed E-state index contributed by atoms with van der Waals surface area (Å²) in [6, 6.07) is 19.6. The molecule has 0 bridgehead atoms. The van der Waals surface area contributed by atoms with E-state index < -0.39 is 5.97 Å². The molecule has 5 nitrogen and oxygen atoms in total. The number of carbonyl (C=O) groups is 1. The molecule has 2 aromatic carbocycles. The van der Waals surface area contributed by atoms with Gasteiger partial charge in [0, 0.05) is 19.8 Å². The zero-order valence-electron chi connectivity index (χ0n) is 15.0. The number of hydrogen-bond acceptors (Lipinski definition) is 5. The van der Waals surface area contributed by atoms with Crippen LogP contribution in [0.2, 0.25) is 0 Å². The Bertz CT molecular complexity index is 907. The largest absolute Gasteiger partial charge is 0.463 e. The lowest BCUT2D eigenvalue weighted by atomic mass is 10.0. The van der Waals surface area contributed by atoms with Crippen LogP contribution in [0.5, 0.6) is 0 Å². The summed E-state index contributed by atoms with van der Waals surface area (Å²) in [7, 11) is 5.36. The van der Waals surface area contributed by atoms with Crippen LogP contribution < -0.4 is 4.90 Å². The van der Waals surface area contributed by atoms with Crippen LogP contribution in [0.25, 0.3) is 11.1 Å². The van der Waals surface area contributed by atoms with Crippen LogP contribution in [0, 0.1) is 0 Å². The van der Waals surface area contributed by atoms with Crippen molar-refractivity contribution >= 4 is 23.6 Å². The van der Waals surface area contributed by atoms with Crippen molar-refractivity contribution in [1.29, 1.82) is 0 Å². The number of carbonyl (C=O) groups excluding carboxylic acids is 1. The van der Waals surface area contributed by atoms with E-state index in [0.29, 0.717) is 5.76 Å². The molecule has 26 heavy (non-hydrogen) atoms. The molecule has 3 aromatic rings. The first kappa shape index (κ1) is 17.5. The third-order valence-corrected chi connectivity index (χ3v) is 3.94. The van der Waals surface area contributed by atoms with E-state index in [9.17, 15) is 4.79 Å². The molecule has 0 N–H and O–H groups in total. The van der Waals surface area contributed by atoms with Crippen molar-refractivity contribution in [3.8, 4) is 11.1 Å². The quantitative estimate of drug-likeness (QED) is 0.501. The number of esters is 1. The number of hydrogen-bond donors (Lipinski definition) is 0. The molecule has 0 atom stereocenters. The molecule has 132 valence electrons. The fourth-order valence-electron chi connectivity index (χ4n) is 2.46. The highest BCUT2D eigenvalue weighted by Gasteiger charge is 2.09. The maximum Gasteiger partial charge on any atom is 0.373 e. The van der Waals surface area contributed by atoms with Gasteiger partial charge in [0.25, 0.3) is 0 Å². The Morgan fingerprint density at radius 3 is 2.15 bits per heavy atom. The Morgan fingerprint density at radius 1 is 0.962 bits per heavy atom. The Kier molecular flexibility index (Phi) is 5.17. The molecule has 0 aliphatic heterocycles. The van der Waals surface area contributed by atoms with Crippen molar-refractivity contribution in [1.82, 2.24) is 0 Å². The van der Waals surface area contributed by atoms with Gasteiger partial charge < -0.3 is 14.1 Å². The zero-order valence-corrected chi connectivity index (χ0v) is 15.0. The first-order valence-electron chi connectivity index (χ1n) is 8.17. The molecule has 0 saturated carbocycles. The lowest BCUT2D eigenvalue weighted by Gasteiger charge is -2.12. The lowest BCUT2D eigenvalue weighted by molar-refractivity contribution is 0.0565. The maximum atomic E-state index is 11.4. The molecule has 0 saturated heterocycles. The Balaban J connectivity index is 1.71. The number of anilines is 1. The van der Waals surface area contributed by atoms with Crippen molar-refractivity contribution < 1.29 is 13.9 Å². The Hall–Kier alpha value is -3.34. The van der Waals surface area contributed by atoms with Gasteiger partial charge in [0.1, 0.15) is 5.76 Å². The highest BCUT2D eigenvalue weighted by molar-refractivity contribution is 5.88. The second kappa shape index (κ2) is 7.70. The monoisotopic (exact) mass is 348 g/mol. The van der Waals surface area contributed by atoms with Crippen LogP contribution in [0.3, 0.4) is 0 Å². The summed E-state index contributed by atoms with van der Waals surface area (Å²) >= 11 is 0. The number of ether oxygens (including phenoxy) is 1. The fraction of sp³-hybridized carbons (Fsp3) is 0.143. The number of benzene rings is 2. The third kappa shape index (κ3) is 4.00. The molecule has 5 heteroatoms. The summed E-state index contributed by atoms with van der Waals surface area (Å²) in [5.41, 5.74) is 4.24. The molecule has 0 amide bonds. The van der Waals surface area contributed by atoms with Crippen molar-refractivity contribution in [2.45, 2.75) is 0 Å². The van der Waals surface area contributed by atoms with Gasteiger partial charge in [-0.05, 0) is 47.5 Å². The average molecular weight is 348 g/mol. The second-order valence-electron chi connectivity index (χ2n) is 5.94. The SMILES string of the molecule is COC(=O)c1ccc(C=Nc2ccc(-c3ccc(N(C)C)cc3)cc2)o1. The van der Waals surface area contributed by atoms with Crippen LogP contribution in [-0.2, 0) is 4.74 Å². The van der Waals surface area contributed by atoms with Gasteiger partial charge in [0.05, 0.1) is 19.0 Å². The second-order valence-corrected chi connectivity index (χ2v) is 5.94. The molecular formula is C21H20N2O3. The van der Waals surface area contributed by atoms with Gasteiger partial charge in [-0.1, -0.05) is 24.3 Å². The van der Waals surface area contributed by atoms with Crippen molar-refractivity contribution in [3.63, 3.8) is 0 Å². The third-order valence-electron chi connectivity index (χ3n) is 3.94. The van der Waals surface area contributed by atoms with E-state index >= 15 is 0 Å². The van der Waals surface area contributed by atoms with Crippen molar-refractivity contribution in [2.24, 2.45) is 4.99 Å². The van der Waals surface area contributed by atoms with E-state index in [4.69, 9.17) is 4.42 Å². The molecule has 0 aliphatic rings.